The average molecular weight is 177 g/mol. The van der Waals surface area contributed by atoms with Crippen LogP contribution in [0.2, 0.25) is 0 Å². The van der Waals surface area contributed by atoms with Gasteiger partial charge in [0, 0.05) is 0 Å². The van der Waals surface area contributed by atoms with Crippen LogP contribution >= 0.6 is 0 Å². The Morgan fingerprint density at radius 1 is 1.38 bits per heavy atom. The summed E-state index contributed by atoms with van der Waals surface area (Å²) in [6.07, 6.45) is 0. The molecule has 1 aliphatic heterocycles. The standard InChI is InChI=1S/C11H15NO/c1-7-4-8(2)11-10(5-7)12-9(3)6-13-11/h4-5,9,12H,6H2,1-3H3. The summed E-state index contributed by atoms with van der Waals surface area (Å²) in [7, 11) is 0. The molecule has 13 heavy (non-hydrogen) atoms. The van der Waals surface area contributed by atoms with Gasteiger partial charge in [-0.15, -0.1) is 0 Å². The molecule has 0 fully saturated rings. The van der Waals surface area contributed by atoms with Gasteiger partial charge in [-0.2, -0.15) is 0 Å². The molecule has 2 rings (SSSR count). The highest BCUT2D eigenvalue weighted by molar-refractivity contribution is 5.63. The molecule has 2 nitrogen and oxygen atoms in total. The van der Waals surface area contributed by atoms with Crippen molar-refractivity contribution in [1.29, 1.82) is 0 Å². The summed E-state index contributed by atoms with van der Waals surface area (Å²) in [6.45, 7) is 7.08. The van der Waals surface area contributed by atoms with Crippen molar-refractivity contribution >= 4 is 5.69 Å². The number of benzene rings is 1. The number of rotatable bonds is 0. The Labute approximate surface area is 78.9 Å². The lowest BCUT2D eigenvalue weighted by atomic mass is 10.1. The molecular formula is C11H15NO. The molecule has 70 valence electrons. The van der Waals surface area contributed by atoms with Crippen LogP contribution in [-0.4, -0.2) is 12.6 Å². The Hall–Kier alpha value is -1.18. The van der Waals surface area contributed by atoms with Crippen LogP contribution in [0.15, 0.2) is 12.1 Å². The van der Waals surface area contributed by atoms with Gasteiger partial charge in [0.1, 0.15) is 12.4 Å². The highest BCUT2D eigenvalue weighted by atomic mass is 16.5. The van der Waals surface area contributed by atoms with Crippen molar-refractivity contribution in [2.45, 2.75) is 26.8 Å². The van der Waals surface area contributed by atoms with Crippen molar-refractivity contribution in [3.05, 3.63) is 23.3 Å². The maximum atomic E-state index is 5.66. The molecule has 1 unspecified atom stereocenters. The van der Waals surface area contributed by atoms with Crippen LogP contribution in [0.1, 0.15) is 18.1 Å². The Morgan fingerprint density at radius 3 is 2.92 bits per heavy atom. The number of aryl methyl sites for hydroxylation is 2. The SMILES string of the molecule is Cc1cc(C)c2c(c1)NC(C)CO2. The van der Waals surface area contributed by atoms with E-state index in [-0.39, 0.29) is 0 Å². The minimum Gasteiger partial charge on any atom is -0.489 e. The highest BCUT2D eigenvalue weighted by Gasteiger charge is 2.16. The summed E-state index contributed by atoms with van der Waals surface area (Å²) in [5.74, 6) is 1.02. The van der Waals surface area contributed by atoms with Gasteiger partial charge < -0.3 is 10.1 Å². The third kappa shape index (κ3) is 1.48. The van der Waals surface area contributed by atoms with Crippen molar-refractivity contribution in [1.82, 2.24) is 0 Å². The zero-order valence-electron chi connectivity index (χ0n) is 8.35. The highest BCUT2D eigenvalue weighted by Crippen LogP contribution is 2.33. The predicted octanol–water partition coefficient (Wildman–Crippen LogP) is 2.50. The molecular weight excluding hydrogens is 162 g/mol. The molecule has 0 spiro atoms. The molecule has 1 aromatic rings. The number of hydrogen-bond acceptors (Lipinski definition) is 2. The number of ether oxygens (including phenoxy) is 1. The molecule has 0 aliphatic carbocycles. The molecule has 0 saturated carbocycles. The normalized spacial score (nSPS) is 20.1. The fourth-order valence-corrected chi connectivity index (χ4v) is 1.77. The van der Waals surface area contributed by atoms with Gasteiger partial charge in [-0.3, -0.25) is 0 Å². The first kappa shape index (κ1) is 8.42. The summed E-state index contributed by atoms with van der Waals surface area (Å²) in [5, 5.41) is 3.42. The Balaban J connectivity index is 2.47. The lowest BCUT2D eigenvalue weighted by Crippen LogP contribution is -2.28. The van der Waals surface area contributed by atoms with E-state index in [1.807, 2.05) is 0 Å². The zero-order chi connectivity index (χ0) is 9.42. The summed E-state index contributed by atoms with van der Waals surface area (Å²) in [5.41, 5.74) is 3.63. The molecule has 1 N–H and O–H groups in total. The Kier molecular flexibility index (Phi) is 1.91. The van der Waals surface area contributed by atoms with Gasteiger partial charge in [0.2, 0.25) is 0 Å². The zero-order valence-corrected chi connectivity index (χ0v) is 8.35. The van der Waals surface area contributed by atoms with Crippen LogP contribution in [0.3, 0.4) is 0 Å². The van der Waals surface area contributed by atoms with Gasteiger partial charge in [-0.25, -0.2) is 0 Å². The van der Waals surface area contributed by atoms with E-state index in [0.717, 1.165) is 18.0 Å². The lowest BCUT2D eigenvalue weighted by molar-refractivity contribution is 0.290. The molecule has 0 saturated heterocycles. The van der Waals surface area contributed by atoms with E-state index in [1.165, 1.54) is 11.1 Å². The predicted molar refractivity (Wildman–Crippen MR) is 54.5 cm³/mol. The van der Waals surface area contributed by atoms with E-state index in [0.29, 0.717) is 6.04 Å². The average Bonchev–Trinajstić information content (AvgIpc) is 2.02. The number of hydrogen-bond donors (Lipinski definition) is 1. The van der Waals surface area contributed by atoms with Crippen LogP contribution in [0.25, 0.3) is 0 Å². The maximum absolute atomic E-state index is 5.66. The molecule has 1 heterocycles. The molecule has 0 amide bonds. The molecule has 1 atom stereocenters. The van der Waals surface area contributed by atoms with Crippen LogP contribution in [-0.2, 0) is 0 Å². The van der Waals surface area contributed by atoms with Crippen LogP contribution in [0, 0.1) is 13.8 Å². The first-order valence-corrected chi connectivity index (χ1v) is 4.67. The largest absolute Gasteiger partial charge is 0.489 e. The summed E-state index contributed by atoms with van der Waals surface area (Å²) < 4.78 is 5.66. The molecule has 0 bridgehead atoms. The monoisotopic (exact) mass is 177 g/mol. The Morgan fingerprint density at radius 2 is 2.15 bits per heavy atom. The van der Waals surface area contributed by atoms with Crippen LogP contribution in [0.4, 0.5) is 5.69 Å². The van der Waals surface area contributed by atoms with Crippen molar-refractivity contribution in [2.24, 2.45) is 0 Å². The molecule has 1 aliphatic rings. The van der Waals surface area contributed by atoms with Crippen molar-refractivity contribution in [3.63, 3.8) is 0 Å². The molecule has 0 radical (unpaired) electrons. The van der Waals surface area contributed by atoms with E-state index in [9.17, 15) is 0 Å². The number of fused-ring (bicyclic) bond motifs is 1. The molecule has 1 aromatic carbocycles. The van der Waals surface area contributed by atoms with Gasteiger partial charge in [0.05, 0.1) is 11.7 Å². The molecule has 0 aromatic heterocycles. The van der Waals surface area contributed by atoms with Gasteiger partial charge in [-0.1, -0.05) is 6.07 Å². The summed E-state index contributed by atoms with van der Waals surface area (Å²) >= 11 is 0. The van der Waals surface area contributed by atoms with E-state index in [4.69, 9.17) is 4.74 Å². The third-order valence-electron chi connectivity index (χ3n) is 2.30. The van der Waals surface area contributed by atoms with Gasteiger partial charge >= 0.3 is 0 Å². The van der Waals surface area contributed by atoms with E-state index in [2.05, 4.69) is 38.2 Å². The fourth-order valence-electron chi connectivity index (χ4n) is 1.77. The van der Waals surface area contributed by atoms with Crippen LogP contribution in [0.5, 0.6) is 5.75 Å². The van der Waals surface area contributed by atoms with Gasteiger partial charge in [-0.05, 0) is 38.0 Å². The number of anilines is 1. The molecule has 2 heteroatoms. The second-order valence-electron chi connectivity index (χ2n) is 3.81. The van der Waals surface area contributed by atoms with E-state index < -0.39 is 0 Å². The van der Waals surface area contributed by atoms with E-state index in [1.54, 1.807) is 0 Å². The minimum absolute atomic E-state index is 0.411. The topological polar surface area (TPSA) is 21.3 Å². The van der Waals surface area contributed by atoms with Crippen molar-refractivity contribution in [2.75, 3.05) is 11.9 Å². The minimum atomic E-state index is 0.411. The lowest BCUT2D eigenvalue weighted by Gasteiger charge is -2.26. The maximum Gasteiger partial charge on any atom is 0.145 e. The summed E-state index contributed by atoms with van der Waals surface area (Å²) in [6, 6.07) is 4.70. The first-order valence-electron chi connectivity index (χ1n) is 4.67. The summed E-state index contributed by atoms with van der Waals surface area (Å²) in [4.78, 5) is 0. The number of nitrogens with one attached hydrogen (secondary N) is 1. The second kappa shape index (κ2) is 2.95. The fraction of sp³-hybridized carbons (Fsp3) is 0.455. The van der Waals surface area contributed by atoms with E-state index >= 15 is 0 Å². The Bertz CT molecular complexity index is 333. The second-order valence-corrected chi connectivity index (χ2v) is 3.81. The smallest absolute Gasteiger partial charge is 0.145 e. The van der Waals surface area contributed by atoms with Gasteiger partial charge in [0.15, 0.2) is 0 Å². The van der Waals surface area contributed by atoms with Crippen LogP contribution < -0.4 is 10.1 Å². The quantitative estimate of drug-likeness (QED) is 0.657. The van der Waals surface area contributed by atoms with Crippen molar-refractivity contribution < 1.29 is 4.74 Å². The van der Waals surface area contributed by atoms with Crippen molar-refractivity contribution in [3.8, 4) is 5.75 Å². The third-order valence-corrected chi connectivity index (χ3v) is 2.30. The van der Waals surface area contributed by atoms with Gasteiger partial charge in [0.25, 0.3) is 0 Å². The first-order chi connectivity index (χ1) is 6.16.